The van der Waals surface area contributed by atoms with E-state index < -0.39 is 6.43 Å². The maximum atomic E-state index is 13.0. The zero-order valence-electron chi connectivity index (χ0n) is 11.7. The van der Waals surface area contributed by atoms with Crippen molar-refractivity contribution in [1.29, 1.82) is 0 Å². The minimum Gasteiger partial charge on any atom is -0.457 e. The number of rotatable bonds is 6. The van der Waals surface area contributed by atoms with Gasteiger partial charge in [-0.2, -0.15) is 0 Å². The van der Waals surface area contributed by atoms with Gasteiger partial charge in [0.25, 0.3) is 6.43 Å². The number of methoxy groups -OCH3 is 1. The highest BCUT2D eigenvalue weighted by Crippen LogP contribution is 2.33. The lowest BCUT2D eigenvalue weighted by molar-refractivity contribution is 0.148. The standard InChI is InChI=1S/C16H17F2NO2/c1-20-9-8-11-2-5-13(6-3-11)21-15-7-4-12(19)10-14(15)16(17)18/h2-7,10,16H,8-9,19H2,1H3. The third-order valence-electron chi connectivity index (χ3n) is 3.01. The highest BCUT2D eigenvalue weighted by Gasteiger charge is 2.15. The predicted molar refractivity (Wildman–Crippen MR) is 77.9 cm³/mol. The number of benzene rings is 2. The summed E-state index contributed by atoms with van der Waals surface area (Å²) >= 11 is 0. The van der Waals surface area contributed by atoms with E-state index in [0.29, 0.717) is 12.4 Å². The second-order valence-corrected chi connectivity index (χ2v) is 4.59. The van der Waals surface area contributed by atoms with Gasteiger partial charge >= 0.3 is 0 Å². The van der Waals surface area contributed by atoms with E-state index in [1.54, 1.807) is 19.2 Å². The van der Waals surface area contributed by atoms with Crippen LogP contribution in [0, 0.1) is 0 Å². The van der Waals surface area contributed by atoms with Gasteiger partial charge in [-0.05, 0) is 42.3 Å². The molecule has 0 amide bonds. The quantitative estimate of drug-likeness (QED) is 0.812. The van der Waals surface area contributed by atoms with Gasteiger partial charge in [0.15, 0.2) is 0 Å². The van der Waals surface area contributed by atoms with Gasteiger partial charge in [0.2, 0.25) is 0 Å². The number of nitrogens with two attached hydrogens (primary N) is 1. The average molecular weight is 293 g/mol. The lowest BCUT2D eigenvalue weighted by Crippen LogP contribution is -1.96. The SMILES string of the molecule is COCCc1ccc(Oc2ccc(N)cc2C(F)F)cc1. The first kappa shape index (κ1) is 15.3. The lowest BCUT2D eigenvalue weighted by atomic mass is 10.1. The Morgan fingerprint density at radius 3 is 2.43 bits per heavy atom. The Hall–Kier alpha value is -2.14. The molecule has 0 spiro atoms. The molecule has 0 saturated heterocycles. The molecule has 0 saturated carbocycles. The summed E-state index contributed by atoms with van der Waals surface area (Å²) in [5.41, 5.74) is 6.69. The molecule has 0 aromatic heterocycles. The van der Waals surface area contributed by atoms with E-state index in [-0.39, 0.29) is 17.0 Å². The molecule has 0 atom stereocenters. The van der Waals surface area contributed by atoms with Crippen LogP contribution in [-0.4, -0.2) is 13.7 Å². The second kappa shape index (κ2) is 7.04. The van der Waals surface area contributed by atoms with Gasteiger partial charge < -0.3 is 15.2 Å². The van der Waals surface area contributed by atoms with Crippen molar-refractivity contribution >= 4 is 5.69 Å². The number of alkyl halides is 2. The van der Waals surface area contributed by atoms with Crippen LogP contribution in [0.1, 0.15) is 17.6 Å². The van der Waals surface area contributed by atoms with Gasteiger partial charge in [0, 0.05) is 12.8 Å². The van der Waals surface area contributed by atoms with E-state index in [0.717, 1.165) is 12.0 Å². The van der Waals surface area contributed by atoms with E-state index in [9.17, 15) is 8.78 Å². The summed E-state index contributed by atoms with van der Waals surface area (Å²) in [6.45, 7) is 0.633. The predicted octanol–water partition coefficient (Wildman–Crippen LogP) is 4.19. The molecule has 0 aliphatic carbocycles. The second-order valence-electron chi connectivity index (χ2n) is 4.59. The van der Waals surface area contributed by atoms with Crippen LogP contribution in [-0.2, 0) is 11.2 Å². The minimum atomic E-state index is -2.63. The minimum absolute atomic E-state index is 0.115. The molecular weight excluding hydrogens is 276 g/mol. The molecule has 2 N–H and O–H groups in total. The molecule has 2 aromatic carbocycles. The average Bonchev–Trinajstić information content (AvgIpc) is 2.48. The Balaban J connectivity index is 2.14. The number of ether oxygens (including phenoxy) is 2. The Bertz CT molecular complexity index is 585. The van der Waals surface area contributed by atoms with Crippen molar-refractivity contribution < 1.29 is 18.3 Å². The van der Waals surface area contributed by atoms with Crippen molar-refractivity contribution in [2.24, 2.45) is 0 Å². The van der Waals surface area contributed by atoms with Crippen molar-refractivity contribution in [3.05, 3.63) is 53.6 Å². The number of hydrogen-bond acceptors (Lipinski definition) is 3. The van der Waals surface area contributed by atoms with Crippen LogP contribution < -0.4 is 10.5 Å². The van der Waals surface area contributed by atoms with Crippen LogP contribution in [0.3, 0.4) is 0 Å². The zero-order valence-corrected chi connectivity index (χ0v) is 11.7. The van der Waals surface area contributed by atoms with Crippen LogP contribution in [0.25, 0.3) is 0 Å². The summed E-state index contributed by atoms with van der Waals surface area (Å²) in [5.74, 6) is 0.617. The molecule has 0 heterocycles. The topological polar surface area (TPSA) is 44.5 Å². The van der Waals surface area contributed by atoms with Crippen molar-refractivity contribution in [2.75, 3.05) is 19.5 Å². The Kier molecular flexibility index (Phi) is 5.11. The molecule has 21 heavy (non-hydrogen) atoms. The maximum Gasteiger partial charge on any atom is 0.267 e. The van der Waals surface area contributed by atoms with Gasteiger partial charge in [-0.15, -0.1) is 0 Å². The molecule has 0 radical (unpaired) electrons. The maximum absolute atomic E-state index is 13.0. The first-order valence-electron chi connectivity index (χ1n) is 6.53. The summed E-state index contributed by atoms with van der Waals surface area (Å²) in [6, 6.07) is 11.5. The Labute approximate surface area is 122 Å². The number of anilines is 1. The molecule has 112 valence electrons. The van der Waals surface area contributed by atoms with E-state index >= 15 is 0 Å². The third kappa shape index (κ3) is 4.16. The Morgan fingerprint density at radius 1 is 1.10 bits per heavy atom. The van der Waals surface area contributed by atoms with Crippen molar-refractivity contribution in [3.63, 3.8) is 0 Å². The normalized spacial score (nSPS) is 10.9. The molecule has 0 aliphatic heterocycles. The van der Waals surface area contributed by atoms with Gasteiger partial charge in [-0.1, -0.05) is 12.1 Å². The van der Waals surface area contributed by atoms with Gasteiger partial charge in [0.05, 0.1) is 12.2 Å². The van der Waals surface area contributed by atoms with E-state index in [1.807, 2.05) is 12.1 Å². The molecule has 5 heteroatoms. The number of nitrogen functional groups attached to an aromatic ring is 1. The highest BCUT2D eigenvalue weighted by atomic mass is 19.3. The molecule has 2 rings (SSSR count). The monoisotopic (exact) mass is 293 g/mol. The number of hydrogen-bond donors (Lipinski definition) is 1. The van der Waals surface area contributed by atoms with Crippen LogP contribution in [0.15, 0.2) is 42.5 Å². The third-order valence-corrected chi connectivity index (χ3v) is 3.01. The summed E-state index contributed by atoms with van der Waals surface area (Å²) in [4.78, 5) is 0. The Morgan fingerprint density at radius 2 is 1.81 bits per heavy atom. The highest BCUT2D eigenvalue weighted by molar-refractivity contribution is 5.49. The van der Waals surface area contributed by atoms with Gasteiger partial charge in [0.1, 0.15) is 11.5 Å². The zero-order chi connectivity index (χ0) is 15.2. The molecule has 0 fully saturated rings. The summed E-state index contributed by atoms with van der Waals surface area (Å²) in [7, 11) is 1.64. The van der Waals surface area contributed by atoms with Crippen LogP contribution in [0.5, 0.6) is 11.5 Å². The number of halogens is 2. The van der Waals surface area contributed by atoms with Gasteiger partial charge in [-0.3, -0.25) is 0 Å². The fraction of sp³-hybridized carbons (Fsp3) is 0.250. The first-order chi connectivity index (χ1) is 10.1. The molecule has 0 unspecified atom stereocenters. The van der Waals surface area contributed by atoms with Crippen LogP contribution >= 0.6 is 0 Å². The van der Waals surface area contributed by atoms with Gasteiger partial charge in [-0.25, -0.2) is 8.78 Å². The summed E-state index contributed by atoms with van der Waals surface area (Å²) < 4.78 is 36.4. The molecule has 0 bridgehead atoms. The lowest BCUT2D eigenvalue weighted by Gasteiger charge is -2.12. The van der Waals surface area contributed by atoms with Crippen molar-refractivity contribution in [1.82, 2.24) is 0 Å². The molecule has 3 nitrogen and oxygen atoms in total. The largest absolute Gasteiger partial charge is 0.457 e. The fourth-order valence-electron chi connectivity index (χ4n) is 1.90. The first-order valence-corrected chi connectivity index (χ1v) is 6.53. The van der Waals surface area contributed by atoms with Crippen molar-refractivity contribution in [3.8, 4) is 11.5 Å². The smallest absolute Gasteiger partial charge is 0.267 e. The molecule has 0 aliphatic rings. The fourth-order valence-corrected chi connectivity index (χ4v) is 1.90. The molecular formula is C16H17F2NO2. The summed E-state index contributed by atoms with van der Waals surface area (Å²) in [6.07, 6.45) is -1.84. The van der Waals surface area contributed by atoms with Crippen LogP contribution in [0.4, 0.5) is 14.5 Å². The van der Waals surface area contributed by atoms with E-state index in [2.05, 4.69) is 0 Å². The van der Waals surface area contributed by atoms with E-state index in [4.69, 9.17) is 15.2 Å². The molecule has 2 aromatic rings. The van der Waals surface area contributed by atoms with Crippen molar-refractivity contribution in [2.45, 2.75) is 12.8 Å². The summed E-state index contributed by atoms with van der Waals surface area (Å²) in [5, 5.41) is 0. The van der Waals surface area contributed by atoms with Crippen LogP contribution in [0.2, 0.25) is 0 Å². The van der Waals surface area contributed by atoms with E-state index in [1.165, 1.54) is 18.2 Å².